The van der Waals surface area contributed by atoms with Gasteiger partial charge in [-0.15, -0.1) is 15.3 Å². The van der Waals surface area contributed by atoms with Gasteiger partial charge in [0.25, 0.3) is 5.84 Å². The highest BCUT2D eigenvalue weighted by atomic mass is 19.4. The first kappa shape index (κ1) is 30.6. The number of rotatable bonds is 7. The third-order valence-electron chi connectivity index (χ3n) is 5.74. The molecule has 0 heterocycles. The zero-order chi connectivity index (χ0) is 27.4. The van der Waals surface area contributed by atoms with Gasteiger partial charge in [0.05, 0.1) is 48.7 Å². The van der Waals surface area contributed by atoms with Gasteiger partial charge in [0.1, 0.15) is 6.07 Å². The molecule has 6 nitrogen and oxygen atoms in total. The molecule has 0 radical (unpaired) electrons. The van der Waals surface area contributed by atoms with Gasteiger partial charge in [-0.3, -0.25) is 5.43 Å². The van der Waals surface area contributed by atoms with Crippen LogP contribution in [-0.2, 0) is 12.4 Å². The number of quaternary nitrogens is 1. The number of hydrogen-bond donors (Lipinski definition) is 1. The topological polar surface area (TPSA) is 72.9 Å². The molecular formula is C24H29F6N6+. The summed E-state index contributed by atoms with van der Waals surface area (Å²) >= 11 is 0. The normalized spacial score (nSPS) is 12.6. The Balaban J connectivity index is 0.000000613. The molecule has 2 rings (SSSR count). The minimum atomic E-state index is -4.49. The van der Waals surface area contributed by atoms with Crippen molar-refractivity contribution in [2.75, 3.05) is 31.6 Å². The molecule has 2 aromatic rings. The molecule has 0 spiro atoms. The Bertz CT molecular complexity index is 1010. The second kappa shape index (κ2) is 13.6. The number of nitrogens with zero attached hydrogens (tertiary/aromatic N) is 5. The summed E-state index contributed by atoms with van der Waals surface area (Å²) in [5.41, 5.74) is 0.849. The van der Waals surface area contributed by atoms with Crippen LogP contribution in [0.4, 0.5) is 37.7 Å². The van der Waals surface area contributed by atoms with Crippen molar-refractivity contribution in [2.24, 2.45) is 15.3 Å². The lowest BCUT2D eigenvalue weighted by Crippen LogP contribution is -2.47. The summed E-state index contributed by atoms with van der Waals surface area (Å²) in [6, 6.07) is 9.17. The number of halogens is 6. The van der Waals surface area contributed by atoms with E-state index >= 15 is 0 Å². The molecule has 0 saturated carbocycles. The molecule has 0 aliphatic carbocycles. The second-order valence-electron chi connectivity index (χ2n) is 7.59. The Morgan fingerprint density at radius 1 is 0.778 bits per heavy atom. The van der Waals surface area contributed by atoms with Crippen LogP contribution >= 0.6 is 0 Å². The van der Waals surface area contributed by atoms with Gasteiger partial charge in [-0.1, -0.05) is 0 Å². The fourth-order valence-corrected chi connectivity index (χ4v) is 3.08. The lowest BCUT2D eigenvalue weighted by molar-refractivity contribution is -0.921. The van der Waals surface area contributed by atoms with Gasteiger partial charge in [0.15, 0.2) is 0 Å². The molecule has 0 saturated heterocycles. The van der Waals surface area contributed by atoms with Gasteiger partial charge in [-0.05, 0) is 76.2 Å². The predicted octanol–water partition coefficient (Wildman–Crippen LogP) is 7.64. The quantitative estimate of drug-likeness (QED) is 0.103. The van der Waals surface area contributed by atoms with Crippen LogP contribution in [-0.4, -0.2) is 36.5 Å². The number of hydrazone groups is 1. The van der Waals surface area contributed by atoms with E-state index in [-0.39, 0.29) is 11.4 Å². The van der Waals surface area contributed by atoms with Crippen molar-refractivity contribution in [1.82, 2.24) is 0 Å². The van der Waals surface area contributed by atoms with Crippen molar-refractivity contribution in [2.45, 2.75) is 40.0 Å². The minimum Gasteiger partial charge on any atom is -0.325 e. The van der Waals surface area contributed by atoms with E-state index in [1.165, 1.54) is 30.7 Å². The zero-order valence-electron chi connectivity index (χ0n) is 20.5. The number of anilines is 1. The molecule has 0 fully saturated rings. The van der Waals surface area contributed by atoms with Crippen molar-refractivity contribution in [3.8, 4) is 6.07 Å². The first-order valence-corrected chi connectivity index (χ1v) is 11.2. The summed E-state index contributed by atoms with van der Waals surface area (Å²) < 4.78 is 76.0. The van der Waals surface area contributed by atoms with Gasteiger partial charge in [0, 0.05) is 0 Å². The highest BCUT2D eigenvalue weighted by molar-refractivity contribution is 5.97. The van der Waals surface area contributed by atoms with Crippen LogP contribution in [0.5, 0.6) is 0 Å². The molecular weight excluding hydrogens is 486 g/mol. The van der Waals surface area contributed by atoms with Gasteiger partial charge >= 0.3 is 12.4 Å². The molecule has 0 aromatic heterocycles. The number of nitrogens with one attached hydrogen (secondary N) is 1. The first-order valence-electron chi connectivity index (χ1n) is 11.2. The van der Waals surface area contributed by atoms with Crippen LogP contribution in [0.2, 0.25) is 0 Å². The molecule has 0 amide bonds. The number of azo groups is 1. The van der Waals surface area contributed by atoms with Crippen molar-refractivity contribution in [3.63, 3.8) is 0 Å². The monoisotopic (exact) mass is 515 g/mol. The van der Waals surface area contributed by atoms with E-state index in [0.717, 1.165) is 48.5 Å². The van der Waals surface area contributed by atoms with E-state index in [4.69, 9.17) is 5.26 Å². The van der Waals surface area contributed by atoms with E-state index in [0.29, 0.717) is 0 Å². The fraction of sp³-hybridized carbons (Fsp3) is 0.417. The molecule has 12 heteroatoms. The number of benzene rings is 2. The molecule has 1 N–H and O–H groups in total. The summed E-state index contributed by atoms with van der Waals surface area (Å²) in [6.45, 7) is 14.2. The van der Waals surface area contributed by atoms with Gasteiger partial charge in [0.2, 0.25) is 0 Å². The summed E-state index contributed by atoms with van der Waals surface area (Å²) in [5, 5.41) is 19.5. The second-order valence-corrected chi connectivity index (χ2v) is 7.59. The molecule has 0 aliphatic heterocycles. The molecule has 36 heavy (non-hydrogen) atoms. The molecule has 0 unspecified atom stereocenters. The third-order valence-corrected chi connectivity index (χ3v) is 5.74. The minimum absolute atomic E-state index is 0.0560. The zero-order valence-corrected chi connectivity index (χ0v) is 20.5. The van der Waals surface area contributed by atoms with Crippen molar-refractivity contribution in [3.05, 3.63) is 59.7 Å². The largest absolute Gasteiger partial charge is 0.416 e. The Morgan fingerprint density at radius 2 is 1.19 bits per heavy atom. The molecule has 2 aromatic carbocycles. The van der Waals surface area contributed by atoms with Crippen LogP contribution < -0.4 is 5.43 Å². The molecule has 196 valence electrons. The lowest BCUT2D eigenvalue weighted by atomic mass is 10.2. The highest BCUT2D eigenvalue weighted by Crippen LogP contribution is 2.31. The third kappa shape index (κ3) is 9.65. The number of alkyl halides is 6. The molecule has 0 bridgehead atoms. The fourth-order valence-electron chi connectivity index (χ4n) is 3.08. The Hall–Kier alpha value is -3.46. The average molecular weight is 516 g/mol. The van der Waals surface area contributed by atoms with Crippen molar-refractivity contribution < 1.29 is 30.8 Å². The van der Waals surface area contributed by atoms with Crippen LogP contribution in [0.1, 0.15) is 38.8 Å². The van der Waals surface area contributed by atoms with Gasteiger partial charge in [-0.2, -0.15) is 31.6 Å². The van der Waals surface area contributed by atoms with E-state index in [2.05, 4.69) is 48.5 Å². The maximum Gasteiger partial charge on any atom is 0.416 e. The Morgan fingerprint density at radius 3 is 1.53 bits per heavy atom. The van der Waals surface area contributed by atoms with Crippen molar-refractivity contribution >= 4 is 17.2 Å². The maximum atomic E-state index is 12.5. The van der Waals surface area contributed by atoms with E-state index in [1.807, 2.05) is 0 Å². The molecule has 0 atom stereocenters. The van der Waals surface area contributed by atoms with E-state index < -0.39 is 29.3 Å². The van der Waals surface area contributed by atoms with Crippen LogP contribution in [0.15, 0.2) is 63.9 Å². The number of amidine groups is 1. The lowest BCUT2D eigenvalue weighted by Gasteiger charge is -2.34. The SMILES string of the molecule is CC[N+](CC)(CC)CC.N#C/C(N=Nc1ccc(C(F)(F)F)cc1)=N\Nc1ccc(C(F)(F)F)cc1. The smallest absolute Gasteiger partial charge is 0.325 e. The van der Waals surface area contributed by atoms with Crippen molar-refractivity contribution in [1.29, 1.82) is 5.26 Å². The predicted molar refractivity (Wildman–Crippen MR) is 126 cm³/mol. The summed E-state index contributed by atoms with van der Waals surface area (Å²) in [5.74, 6) is -0.477. The first-order chi connectivity index (χ1) is 16.8. The standard InChI is InChI=1S/C16H9F6N5.C8H20N/c17-15(18,19)10-1-5-12(6-2-10)24-26-14(9-23)27-25-13-7-3-11(4-8-13)16(20,21)22;1-5-9(6-2,7-3)8-4/h1-8,24H;5-8H2,1-4H3/q;+1/b26-14+,27-25?;. The summed E-state index contributed by atoms with van der Waals surface area (Å²) in [7, 11) is 0. The van der Waals surface area contributed by atoms with E-state index in [1.54, 1.807) is 6.07 Å². The van der Waals surface area contributed by atoms with Gasteiger partial charge in [-0.25, -0.2) is 0 Å². The Labute approximate surface area is 206 Å². The van der Waals surface area contributed by atoms with Crippen LogP contribution in [0.3, 0.4) is 0 Å². The summed E-state index contributed by atoms with van der Waals surface area (Å²) in [6.07, 6.45) is -8.96. The van der Waals surface area contributed by atoms with Gasteiger partial charge < -0.3 is 4.48 Å². The highest BCUT2D eigenvalue weighted by Gasteiger charge is 2.30. The number of hydrogen-bond acceptors (Lipinski definition) is 4. The average Bonchev–Trinajstić information content (AvgIpc) is 2.86. The van der Waals surface area contributed by atoms with Crippen LogP contribution in [0.25, 0.3) is 0 Å². The number of nitriles is 1. The Kier molecular flexibility index (Phi) is 11.5. The van der Waals surface area contributed by atoms with Crippen LogP contribution in [0, 0.1) is 11.3 Å². The maximum absolute atomic E-state index is 12.5. The van der Waals surface area contributed by atoms with E-state index in [9.17, 15) is 26.3 Å². The molecule has 0 aliphatic rings. The summed E-state index contributed by atoms with van der Waals surface area (Å²) in [4.78, 5) is 0.